The van der Waals surface area contributed by atoms with Crippen molar-refractivity contribution in [2.75, 3.05) is 19.6 Å². The van der Waals surface area contributed by atoms with E-state index in [4.69, 9.17) is 4.98 Å². The van der Waals surface area contributed by atoms with Crippen molar-refractivity contribution in [1.29, 1.82) is 0 Å². The van der Waals surface area contributed by atoms with E-state index in [-0.39, 0.29) is 12.4 Å². The fourth-order valence-electron chi connectivity index (χ4n) is 3.91. The van der Waals surface area contributed by atoms with E-state index < -0.39 is 0 Å². The maximum absolute atomic E-state index is 4.84. The molecule has 5 rings (SSSR count). The van der Waals surface area contributed by atoms with Crippen molar-refractivity contribution >= 4 is 23.7 Å². The molecule has 1 aliphatic carbocycles. The van der Waals surface area contributed by atoms with Crippen molar-refractivity contribution in [1.82, 2.24) is 30.0 Å². The minimum Gasteiger partial charge on any atom is -0.312 e. The van der Waals surface area contributed by atoms with Crippen LogP contribution in [0.15, 0.2) is 5.38 Å². The van der Waals surface area contributed by atoms with E-state index in [1.807, 2.05) is 11.3 Å². The molecule has 3 aliphatic rings. The number of rotatable bonds is 4. The highest BCUT2D eigenvalue weighted by Gasteiger charge is 2.29. The molecule has 0 radical (unpaired) electrons. The summed E-state index contributed by atoms with van der Waals surface area (Å²) in [4.78, 5) is 7.39. The molecule has 2 aliphatic heterocycles. The van der Waals surface area contributed by atoms with Gasteiger partial charge < -0.3 is 9.88 Å². The number of hydrogen-bond acceptors (Lipinski definition) is 6. The van der Waals surface area contributed by atoms with Gasteiger partial charge in [0.1, 0.15) is 11.6 Å². The Morgan fingerprint density at radius 1 is 1.08 bits per heavy atom. The molecule has 0 amide bonds. The van der Waals surface area contributed by atoms with Crippen molar-refractivity contribution in [2.45, 2.75) is 57.2 Å². The molecule has 1 saturated carbocycles. The molecule has 0 spiro atoms. The van der Waals surface area contributed by atoms with Gasteiger partial charge in [0.15, 0.2) is 0 Å². The van der Waals surface area contributed by atoms with E-state index in [1.165, 1.54) is 42.2 Å². The lowest BCUT2D eigenvalue weighted by Gasteiger charge is -2.31. The van der Waals surface area contributed by atoms with E-state index in [2.05, 4.69) is 30.4 Å². The number of nitrogens with one attached hydrogen (secondary N) is 1. The minimum atomic E-state index is 0. The second kappa shape index (κ2) is 7.31. The molecule has 2 fully saturated rings. The van der Waals surface area contributed by atoms with Crippen LogP contribution in [0, 0.1) is 0 Å². The standard InChI is InChI=1S/C17H24N6S.ClH/c1-2-13(1)17-19-14(11-24-17)10-22-6-3-12(4-7-22)16-21-20-15-9-18-5-8-23(15)16;/h11-13,18H,1-10H2;1H. The zero-order valence-electron chi connectivity index (χ0n) is 14.4. The van der Waals surface area contributed by atoms with Gasteiger partial charge in [0.25, 0.3) is 0 Å². The first-order valence-corrected chi connectivity index (χ1v) is 10.0. The monoisotopic (exact) mass is 380 g/mol. The normalized spacial score (nSPS) is 21.8. The molecule has 2 aromatic heterocycles. The van der Waals surface area contributed by atoms with Gasteiger partial charge in [-0.15, -0.1) is 33.9 Å². The average Bonchev–Trinajstić information content (AvgIpc) is 3.22. The molecular formula is C17H25ClN6S. The number of thiazole rings is 1. The zero-order valence-corrected chi connectivity index (χ0v) is 16.0. The first-order valence-electron chi connectivity index (χ1n) is 9.16. The summed E-state index contributed by atoms with van der Waals surface area (Å²) in [5.41, 5.74) is 1.27. The Morgan fingerprint density at radius 3 is 2.72 bits per heavy atom. The van der Waals surface area contributed by atoms with Gasteiger partial charge in [-0.1, -0.05) is 0 Å². The van der Waals surface area contributed by atoms with E-state index in [0.29, 0.717) is 5.92 Å². The molecule has 6 nitrogen and oxygen atoms in total. The Kier molecular flexibility index (Phi) is 5.08. The first kappa shape index (κ1) is 17.4. The smallest absolute Gasteiger partial charge is 0.147 e. The third-order valence-corrected chi connectivity index (χ3v) is 6.54. The Bertz CT molecular complexity index is 717. The van der Waals surface area contributed by atoms with Gasteiger partial charge in [-0.05, 0) is 38.8 Å². The van der Waals surface area contributed by atoms with Gasteiger partial charge in [-0.3, -0.25) is 4.90 Å². The van der Waals surface area contributed by atoms with Crippen LogP contribution in [0.4, 0.5) is 0 Å². The minimum absolute atomic E-state index is 0. The molecule has 8 heteroatoms. The van der Waals surface area contributed by atoms with Crippen LogP contribution in [-0.4, -0.2) is 44.3 Å². The predicted octanol–water partition coefficient (Wildman–Crippen LogP) is 2.52. The highest BCUT2D eigenvalue weighted by Crippen LogP contribution is 2.41. The molecular weight excluding hydrogens is 356 g/mol. The summed E-state index contributed by atoms with van der Waals surface area (Å²) in [5.74, 6) is 3.67. The van der Waals surface area contributed by atoms with Crippen LogP contribution in [0.25, 0.3) is 0 Å². The van der Waals surface area contributed by atoms with Crippen LogP contribution in [0.3, 0.4) is 0 Å². The zero-order chi connectivity index (χ0) is 15.9. The lowest BCUT2D eigenvalue weighted by molar-refractivity contribution is 0.197. The third-order valence-electron chi connectivity index (χ3n) is 5.49. The summed E-state index contributed by atoms with van der Waals surface area (Å²) in [5, 5.41) is 15.9. The summed E-state index contributed by atoms with van der Waals surface area (Å²) >= 11 is 1.86. The molecule has 4 heterocycles. The van der Waals surface area contributed by atoms with Gasteiger partial charge in [0.2, 0.25) is 0 Å². The Labute approximate surface area is 158 Å². The number of fused-ring (bicyclic) bond motifs is 1. The maximum Gasteiger partial charge on any atom is 0.147 e. The lowest BCUT2D eigenvalue weighted by atomic mass is 9.95. The van der Waals surface area contributed by atoms with Gasteiger partial charge in [0.05, 0.1) is 17.2 Å². The van der Waals surface area contributed by atoms with E-state index >= 15 is 0 Å². The van der Waals surface area contributed by atoms with Crippen LogP contribution in [0.5, 0.6) is 0 Å². The molecule has 136 valence electrons. The van der Waals surface area contributed by atoms with Crippen LogP contribution in [0.1, 0.15) is 59.9 Å². The molecule has 1 saturated heterocycles. The van der Waals surface area contributed by atoms with E-state index in [9.17, 15) is 0 Å². The topological polar surface area (TPSA) is 58.9 Å². The van der Waals surface area contributed by atoms with Gasteiger partial charge in [-0.25, -0.2) is 4.98 Å². The first-order chi connectivity index (χ1) is 11.9. The molecule has 0 aromatic carbocycles. The molecule has 0 atom stereocenters. The second-order valence-corrected chi connectivity index (χ2v) is 8.19. The Morgan fingerprint density at radius 2 is 1.92 bits per heavy atom. The molecule has 25 heavy (non-hydrogen) atoms. The number of aromatic nitrogens is 4. The summed E-state index contributed by atoms with van der Waals surface area (Å²) in [6.45, 7) is 6.20. The summed E-state index contributed by atoms with van der Waals surface area (Å²) < 4.78 is 2.35. The lowest BCUT2D eigenvalue weighted by Crippen LogP contribution is -2.34. The SMILES string of the molecule is Cl.c1sc(C2CC2)nc1CN1CCC(c2nnc3n2CCNC3)CC1. The molecule has 0 unspecified atom stereocenters. The number of piperidine rings is 1. The summed E-state index contributed by atoms with van der Waals surface area (Å²) in [7, 11) is 0. The largest absolute Gasteiger partial charge is 0.312 e. The summed E-state index contributed by atoms with van der Waals surface area (Å²) in [6.07, 6.45) is 5.06. The van der Waals surface area contributed by atoms with Gasteiger partial charge >= 0.3 is 0 Å². The predicted molar refractivity (Wildman–Crippen MR) is 100 cm³/mol. The quantitative estimate of drug-likeness (QED) is 0.883. The van der Waals surface area contributed by atoms with Gasteiger partial charge in [-0.2, -0.15) is 0 Å². The number of halogens is 1. The highest BCUT2D eigenvalue weighted by atomic mass is 35.5. The second-order valence-electron chi connectivity index (χ2n) is 7.30. The van der Waals surface area contributed by atoms with Crippen molar-refractivity contribution < 1.29 is 0 Å². The van der Waals surface area contributed by atoms with Crippen molar-refractivity contribution in [3.05, 3.63) is 27.7 Å². The van der Waals surface area contributed by atoms with Crippen LogP contribution >= 0.6 is 23.7 Å². The molecule has 2 aromatic rings. The Hall–Kier alpha value is -1.02. The number of likely N-dealkylation sites (tertiary alicyclic amines) is 1. The molecule has 1 N–H and O–H groups in total. The van der Waals surface area contributed by atoms with Crippen molar-refractivity contribution in [3.8, 4) is 0 Å². The van der Waals surface area contributed by atoms with Crippen LogP contribution in [0.2, 0.25) is 0 Å². The van der Waals surface area contributed by atoms with Gasteiger partial charge in [0, 0.05) is 36.9 Å². The van der Waals surface area contributed by atoms with Crippen molar-refractivity contribution in [3.63, 3.8) is 0 Å². The van der Waals surface area contributed by atoms with Crippen LogP contribution in [-0.2, 0) is 19.6 Å². The Balaban J connectivity index is 0.00000157. The van der Waals surface area contributed by atoms with E-state index in [1.54, 1.807) is 0 Å². The third kappa shape index (κ3) is 3.60. The fraction of sp³-hybridized carbons (Fsp3) is 0.706. The highest BCUT2D eigenvalue weighted by molar-refractivity contribution is 7.09. The number of hydrogen-bond donors (Lipinski definition) is 1. The number of nitrogens with zero attached hydrogens (tertiary/aromatic N) is 5. The van der Waals surface area contributed by atoms with E-state index in [0.717, 1.165) is 51.0 Å². The fourth-order valence-corrected chi connectivity index (χ4v) is 4.89. The molecule has 0 bridgehead atoms. The van der Waals surface area contributed by atoms with Crippen LogP contribution < -0.4 is 5.32 Å². The average molecular weight is 381 g/mol. The maximum atomic E-state index is 4.84. The van der Waals surface area contributed by atoms with Crippen molar-refractivity contribution in [2.24, 2.45) is 0 Å². The summed E-state index contributed by atoms with van der Waals surface area (Å²) in [6, 6.07) is 0.